The average molecular weight is 290 g/mol. The summed E-state index contributed by atoms with van der Waals surface area (Å²) < 4.78 is 61.8. The van der Waals surface area contributed by atoms with Crippen LogP contribution in [0.2, 0.25) is 0 Å². The Balaban J connectivity index is 2.47. The summed E-state index contributed by atoms with van der Waals surface area (Å²) >= 11 is 0. The fraction of sp³-hybridized carbons (Fsp3) is 0.0909. The molecule has 2 N–H and O–H groups in total. The predicted molar refractivity (Wildman–Crippen MR) is 62.1 cm³/mol. The number of sulfone groups is 1. The summed E-state index contributed by atoms with van der Waals surface area (Å²) in [6.45, 7) is 0. The molecular formula is C11H9F3N2O2S. The first kappa shape index (κ1) is 13.5. The summed E-state index contributed by atoms with van der Waals surface area (Å²) in [7, 11) is -4.01. The minimum atomic E-state index is -4.59. The molecule has 0 saturated heterocycles. The summed E-state index contributed by atoms with van der Waals surface area (Å²) in [5, 5.41) is -0.214. The van der Waals surface area contributed by atoms with Crippen molar-refractivity contribution in [3.63, 3.8) is 0 Å². The molecular weight excluding hydrogens is 281 g/mol. The Morgan fingerprint density at radius 1 is 1.16 bits per heavy atom. The van der Waals surface area contributed by atoms with Gasteiger partial charge in [-0.15, -0.1) is 0 Å². The second-order valence-corrected chi connectivity index (χ2v) is 5.61. The van der Waals surface area contributed by atoms with Crippen LogP contribution >= 0.6 is 0 Å². The lowest BCUT2D eigenvalue weighted by Crippen LogP contribution is -2.32. The molecule has 0 saturated carbocycles. The van der Waals surface area contributed by atoms with Gasteiger partial charge in [-0.05, 0) is 30.4 Å². The van der Waals surface area contributed by atoms with Crippen LogP contribution in [0.3, 0.4) is 0 Å². The molecule has 19 heavy (non-hydrogen) atoms. The topological polar surface area (TPSA) is 58.2 Å². The van der Waals surface area contributed by atoms with E-state index in [0.717, 1.165) is 18.2 Å². The Morgan fingerprint density at radius 3 is 2.47 bits per heavy atom. The van der Waals surface area contributed by atoms with E-state index in [1.165, 1.54) is 18.4 Å². The van der Waals surface area contributed by atoms with Crippen molar-refractivity contribution in [2.75, 3.05) is 0 Å². The molecule has 1 heterocycles. The standard InChI is InChI=1S/C11H9F3N2O2S/c12-11(13,14)8-3-1-4-9(7-8)19(17,18)10-5-2-6-15-16-10/h1-7,15-16H. The van der Waals surface area contributed by atoms with Gasteiger partial charge in [-0.3, -0.25) is 5.43 Å². The van der Waals surface area contributed by atoms with Gasteiger partial charge >= 0.3 is 6.18 Å². The second kappa shape index (κ2) is 4.61. The third-order valence-electron chi connectivity index (χ3n) is 2.38. The highest BCUT2D eigenvalue weighted by Crippen LogP contribution is 2.31. The zero-order valence-electron chi connectivity index (χ0n) is 9.40. The lowest BCUT2D eigenvalue weighted by molar-refractivity contribution is -0.137. The van der Waals surface area contributed by atoms with E-state index in [1.54, 1.807) is 0 Å². The Morgan fingerprint density at radius 2 is 1.89 bits per heavy atom. The first-order valence-electron chi connectivity index (χ1n) is 5.12. The van der Waals surface area contributed by atoms with Gasteiger partial charge in [0.15, 0.2) is 5.03 Å². The van der Waals surface area contributed by atoms with Crippen LogP contribution in [0.25, 0.3) is 0 Å². The van der Waals surface area contributed by atoms with Crippen LogP contribution in [0.1, 0.15) is 5.56 Å². The van der Waals surface area contributed by atoms with Crippen LogP contribution in [0.5, 0.6) is 0 Å². The number of rotatable bonds is 2. The van der Waals surface area contributed by atoms with Crippen LogP contribution in [-0.4, -0.2) is 8.42 Å². The van der Waals surface area contributed by atoms with Gasteiger partial charge in [0.1, 0.15) is 0 Å². The van der Waals surface area contributed by atoms with Crippen molar-refractivity contribution in [2.24, 2.45) is 0 Å². The van der Waals surface area contributed by atoms with Gasteiger partial charge < -0.3 is 5.43 Å². The lowest BCUT2D eigenvalue weighted by atomic mass is 10.2. The fourth-order valence-electron chi connectivity index (χ4n) is 1.46. The number of hydrogen-bond donors (Lipinski definition) is 2. The molecule has 0 radical (unpaired) electrons. The average Bonchev–Trinajstić information content (AvgIpc) is 2.39. The highest BCUT2D eigenvalue weighted by molar-refractivity contribution is 7.95. The summed E-state index contributed by atoms with van der Waals surface area (Å²) in [5.41, 5.74) is 3.82. The number of benzene rings is 1. The zero-order valence-corrected chi connectivity index (χ0v) is 10.2. The van der Waals surface area contributed by atoms with Crippen LogP contribution in [0.15, 0.2) is 52.5 Å². The quantitative estimate of drug-likeness (QED) is 0.874. The second-order valence-electron chi connectivity index (χ2n) is 3.69. The van der Waals surface area contributed by atoms with Gasteiger partial charge in [-0.25, -0.2) is 8.42 Å². The first-order chi connectivity index (χ1) is 8.82. The molecule has 0 unspecified atom stereocenters. The molecule has 0 amide bonds. The Hall–Kier alpha value is -1.96. The monoisotopic (exact) mass is 290 g/mol. The van der Waals surface area contributed by atoms with E-state index in [2.05, 4.69) is 10.9 Å². The van der Waals surface area contributed by atoms with Gasteiger partial charge in [0.2, 0.25) is 9.84 Å². The van der Waals surface area contributed by atoms with Crippen molar-refractivity contribution in [1.82, 2.24) is 10.9 Å². The lowest BCUT2D eigenvalue weighted by Gasteiger charge is -2.15. The Kier molecular flexibility index (Phi) is 3.27. The molecule has 1 aromatic rings. The van der Waals surface area contributed by atoms with E-state index < -0.39 is 26.5 Å². The van der Waals surface area contributed by atoms with Crippen LogP contribution in [-0.2, 0) is 16.0 Å². The van der Waals surface area contributed by atoms with Crippen molar-refractivity contribution in [3.05, 3.63) is 53.2 Å². The highest BCUT2D eigenvalue weighted by atomic mass is 32.2. The third kappa shape index (κ3) is 2.73. The summed E-state index contributed by atoms with van der Waals surface area (Å²) in [6.07, 6.45) is -0.452. The first-order valence-corrected chi connectivity index (χ1v) is 6.61. The predicted octanol–water partition coefficient (Wildman–Crippen LogP) is 1.94. The normalized spacial score (nSPS) is 15.4. The highest BCUT2D eigenvalue weighted by Gasteiger charge is 2.32. The number of hydrazine groups is 1. The number of allylic oxidation sites excluding steroid dienone is 2. The molecule has 1 aliphatic rings. The van der Waals surface area contributed by atoms with Gasteiger partial charge in [-0.1, -0.05) is 6.07 Å². The third-order valence-corrected chi connectivity index (χ3v) is 4.08. The van der Waals surface area contributed by atoms with Crippen LogP contribution in [0, 0.1) is 0 Å². The molecule has 0 atom stereocenters. The maximum Gasteiger partial charge on any atom is 0.416 e. The molecule has 4 nitrogen and oxygen atoms in total. The molecule has 0 fully saturated rings. The minimum absolute atomic E-state index is 0.214. The number of alkyl halides is 3. The van der Waals surface area contributed by atoms with E-state index in [4.69, 9.17) is 0 Å². The zero-order chi connectivity index (χ0) is 14.1. The van der Waals surface area contributed by atoms with Gasteiger partial charge in [0.25, 0.3) is 0 Å². The molecule has 0 aromatic heterocycles. The summed E-state index contributed by atoms with van der Waals surface area (Å²) in [6, 6.07) is 3.60. The molecule has 1 aromatic carbocycles. The number of nitrogens with one attached hydrogen (secondary N) is 2. The molecule has 8 heteroatoms. The van der Waals surface area contributed by atoms with E-state index in [-0.39, 0.29) is 5.03 Å². The van der Waals surface area contributed by atoms with Gasteiger partial charge in [0.05, 0.1) is 10.5 Å². The van der Waals surface area contributed by atoms with E-state index >= 15 is 0 Å². The molecule has 102 valence electrons. The molecule has 0 spiro atoms. The molecule has 2 rings (SSSR count). The largest absolute Gasteiger partial charge is 0.416 e. The van der Waals surface area contributed by atoms with Crippen molar-refractivity contribution in [1.29, 1.82) is 0 Å². The van der Waals surface area contributed by atoms with Crippen molar-refractivity contribution in [3.8, 4) is 0 Å². The Bertz CT molecular complexity index is 648. The molecule has 0 bridgehead atoms. The maximum absolute atomic E-state index is 12.5. The van der Waals surface area contributed by atoms with Crippen molar-refractivity contribution < 1.29 is 21.6 Å². The van der Waals surface area contributed by atoms with E-state index in [0.29, 0.717) is 6.07 Å². The van der Waals surface area contributed by atoms with Gasteiger partial charge in [0, 0.05) is 6.20 Å². The van der Waals surface area contributed by atoms with Crippen molar-refractivity contribution >= 4 is 9.84 Å². The fourth-order valence-corrected chi connectivity index (χ4v) is 2.71. The summed E-state index contributed by atoms with van der Waals surface area (Å²) in [5.74, 6) is 0. The van der Waals surface area contributed by atoms with Gasteiger partial charge in [-0.2, -0.15) is 13.2 Å². The van der Waals surface area contributed by atoms with Crippen LogP contribution < -0.4 is 10.9 Å². The SMILES string of the molecule is O=S(=O)(C1=CC=CNN1)c1cccc(C(F)(F)F)c1. The van der Waals surface area contributed by atoms with E-state index in [1.807, 2.05) is 0 Å². The number of halogens is 3. The van der Waals surface area contributed by atoms with Crippen molar-refractivity contribution in [2.45, 2.75) is 11.1 Å². The van der Waals surface area contributed by atoms with Crippen LogP contribution in [0.4, 0.5) is 13.2 Å². The Labute approximate surface area is 107 Å². The number of hydrogen-bond acceptors (Lipinski definition) is 4. The smallest absolute Gasteiger partial charge is 0.308 e. The molecule has 0 aliphatic carbocycles. The van der Waals surface area contributed by atoms with E-state index in [9.17, 15) is 21.6 Å². The molecule has 1 aliphatic heterocycles. The summed E-state index contributed by atoms with van der Waals surface area (Å²) in [4.78, 5) is -0.418. The minimum Gasteiger partial charge on any atom is -0.308 e. The maximum atomic E-state index is 12.5.